The van der Waals surface area contributed by atoms with Crippen LogP contribution < -0.4 is 0 Å². The molecule has 1 N–H and O–H groups in total. The Kier molecular flexibility index (Phi) is 51.3. The summed E-state index contributed by atoms with van der Waals surface area (Å²) in [7, 11) is 0. The van der Waals surface area contributed by atoms with Gasteiger partial charge in [-0.2, -0.15) is 0 Å². The fraction of sp³-hybridized carbons (Fsp3) is 0.500. The van der Waals surface area contributed by atoms with Gasteiger partial charge in [-0.3, -0.25) is 4.79 Å². The van der Waals surface area contributed by atoms with E-state index in [0.717, 1.165) is 6.92 Å². The van der Waals surface area contributed by atoms with E-state index >= 15 is 0 Å². The minimum atomic E-state index is -0.833. The number of aliphatic carboxylic acids is 1. The number of hydrogen-bond donors (Lipinski definition) is 1. The second-order valence-electron chi connectivity index (χ2n) is 0.519. The summed E-state index contributed by atoms with van der Waals surface area (Å²) in [5.41, 5.74) is 0. The molecule has 40 valence electrons. The van der Waals surface area contributed by atoms with E-state index in [1.54, 1.807) is 0 Å². The SMILES string of the molecule is CC(=O)O.Cl.[Ca+2].[Ca+2].[H-].[H-].[H-].[H-]. The first-order valence-electron chi connectivity index (χ1n) is 0.928. The van der Waals surface area contributed by atoms with Crippen molar-refractivity contribution in [2.24, 2.45) is 0 Å². The molecular formula is C2H9Ca2ClO2. The third-order valence-corrected chi connectivity index (χ3v) is 0. The van der Waals surface area contributed by atoms with Crippen LogP contribution in [0.3, 0.4) is 0 Å². The molecule has 0 spiro atoms. The summed E-state index contributed by atoms with van der Waals surface area (Å²) in [6.07, 6.45) is 0. The van der Waals surface area contributed by atoms with E-state index in [9.17, 15) is 0 Å². The third kappa shape index (κ3) is 62.8. The van der Waals surface area contributed by atoms with Crippen molar-refractivity contribution in [1.82, 2.24) is 0 Å². The van der Waals surface area contributed by atoms with Crippen molar-refractivity contribution in [3.8, 4) is 0 Å². The van der Waals surface area contributed by atoms with Gasteiger partial charge < -0.3 is 10.8 Å². The van der Waals surface area contributed by atoms with E-state index in [2.05, 4.69) is 0 Å². The van der Waals surface area contributed by atoms with Crippen molar-refractivity contribution in [2.75, 3.05) is 0 Å². The summed E-state index contributed by atoms with van der Waals surface area (Å²) < 4.78 is 0. The van der Waals surface area contributed by atoms with Gasteiger partial charge >= 0.3 is 75.5 Å². The Hall–Kier alpha value is 2.28. The first kappa shape index (κ1) is 22.8. The van der Waals surface area contributed by atoms with Gasteiger partial charge in [0.05, 0.1) is 0 Å². The monoisotopic (exact) mass is 180 g/mol. The Labute approximate surface area is 114 Å². The molecule has 0 aromatic heterocycles. The van der Waals surface area contributed by atoms with E-state index in [4.69, 9.17) is 9.90 Å². The van der Waals surface area contributed by atoms with Crippen molar-refractivity contribution >= 4 is 93.9 Å². The molecule has 0 aliphatic carbocycles. The zero-order valence-electron chi connectivity index (χ0n) is 8.18. The van der Waals surface area contributed by atoms with Crippen LogP contribution in [0.5, 0.6) is 0 Å². The quantitative estimate of drug-likeness (QED) is 0.541. The zero-order valence-corrected chi connectivity index (χ0v) is 9.41. The van der Waals surface area contributed by atoms with Crippen LogP contribution in [0, 0.1) is 0 Å². The van der Waals surface area contributed by atoms with Crippen LogP contribution in [0.1, 0.15) is 12.6 Å². The second kappa shape index (κ2) is 15.7. The molecule has 0 radical (unpaired) electrons. The Morgan fingerprint density at radius 1 is 1.57 bits per heavy atom. The van der Waals surface area contributed by atoms with Gasteiger partial charge in [-0.25, -0.2) is 0 Å². The van der Waals surface area contributed by atoms with Crippen LogP contribution in [-0.2, 0) is 4.79 Å². The minimum Gasteiger partial charge on any atom is -1.00 e. The first-order chi connectivity index (χ1) is 1.73. The van der Waals surface area contributed by atoms with Gasteiger partial charge in [0.1, 0.15) is 0 Å². The Morgan fingerprint density at radius 3 is 1.57 bits per heavy atom. The van der Waals surface area contributed by atoms with E-state index < -0.39 is 5.97 Å². The predicted octanol–water partition coefficient (Wildman–Crippen LogP) is 0.201. The molecule has 0 aromatic rings. The number of rotatable bonds is 0. The number of hydrogen-bond acceptors (Lipinski definition) is 1. The minimum absolute atomic E-state index is 0. The van der Waals surface area contributed by atoms with Gasteiger partial charge in [0.2, 0.25) is 0 Å². The molecule has 0 saturated carbocycles. The summed E-state index contributed by atoms with van der Waals surface area (Å²) in [5, 5.41) is 7.42. The molecule has 0 saturated heterocycles. The van der Waals surface area contributed by atoms with Gasteiger partial charge in [-0.15, -0.1) is 12.4 Å². The van der Waals surface area contributed by atoms with Gasteiger partial charge in [0.25, 0.3) is 5.97 Å². The normalized spacial score (nSPS) is 3.57. The Morgan fingerprint density at radius 2 is 1.57 bits per heavy atom. The van der Waals surface area contributed by atoms with E-state index in [-0.39, 0.29) is 93.6 Å². The summed E-state index contributed by atoms with van der Waals surface area (Å²) in [6.45, 7) is 1.08. The van der Waals surface area contributed by atoms with Crippen LogP contribution in [0.15, 0.2) is 0 Å². The molecule has 0 rings (SSSR count). The Bertz CT molecular complexity index is 47.1. The number of carboxylic acid groups (broad SMARTS) is 1. The van der Waals surface area contributed by atoms with Crippen LogP contribution in [-0.4, -0.2) is 86.6 Å². The first-order valence-corrected chi connectivity index (χ1v) is 0.928. The fourth-order valence-electron chi connectivity index (χ4n) is 0. The smallest absolute Gasteiger partial charge is 1.00 e. The van der Waals surface area contributed by atoms with Crippen molar-refractivity contribution in [1.29, 1.82) is 0 Å². The summed E-state index contributed by atoms with van der Waals surface area (Å²) in [4.78, 5) is 9.00. The van der Waals surface area contributed by atoms with Gasteiger partial charge in [-0.05, 0) is 0 Å². The van der Waals surface area contributed by atoms with Crippen molar-refractivity contribution in [3.63, 3.8) is 0 Å². The van der Waals surface area contributed by atoms with E-state index in [1.165, 1.54) is 0 Å². The van der Waals surface area contributed by atoms with Crippen molar-refractivity contribution < 1.29 is 15.6 Å². The van der Waals surface area contributed by atoms with Crippen LogP contribution >= 0.6 is 12.4 Å². The molecule has 0 aromatic carbocycles. The standard InChI is InChI=1S/C2H4O2.2Ca.ClH.4H/c1-2(3)4;;;;;;;/h1H3,(H,3,4);;;1H;;;;/q;2*+2;;4*-1. The van der Waals surface area contributed by atoms with Crippen LogP contribution in [0.4, 0.5) is 0 Å². The molecule has 0 heterocycles. The maximum Gasteiger partial charge on any atom is 2.00 e. The second-order valence-corrected chi connectivity index (χ2v) is 0.519. The third-order valence-electron chi connectivity index (χ3n) is 0. The van der Waals surface area contributed by atoms with Gasteiger partial charge in [-0.1, -0.05) is 0 Å². The molecular weight excluding hydrogens is 172 g/mol. The molecule has 0 aliphatic heterocycles. The Balaban J connectivity index is -0.00000000214. The zero-order chi connectivity index (χ0) is 3.58. The maximum atomic E-state index is 9.00. The van der Waals surface area contributed by atoms with Crippen molar-refractivity contribution in [2.45, 2.75) is 6.92 Å². The fourth-order valence-corrected chi connectivity index (χ4v) is 0. The van der Waals surface area contributed by atoms with E-state index in [1.807, 2.05) is 0 Å². The number of carbonyl (C=O) groups is 1. The molecule has 0 atom stereocenters. The molecule has 0 fully saturated rings. The van der Waals surface area contributed by atoms with Gasteiger partial charge in [0.15, 0.2) is 0 Å². The van der Waals surface area contributed by atoms with Gasteiger partial charge in [0, 0.05) is 6.92 Å². The largest absolute Gasteiger partial charge is 2.00 e. The summed E-state index contributed by atoms with van der Waals surface area (Å²) in [5.74, 6) is -0.833. The van der Waals surface area contributed by atoms with Crippen LogP contribution in [0.2, 0.25) is 0 Å². The van der Waals surface area contributed by atoms with E-state index in [0.29, 0.717) is 0 Å². The molecule has 0 bridgehead atoms. The number of halogens is 1. The van der Waals surface area contributed by atoms with Crippen molar-refractivity contribution in [3.05, 3.63) is 0 Å². The average Bonchev–Trinajstić information content (AvgIpc) is 0.811. The molecule has 0 unspecified atom stereocenters. The molecule has 7 heavy (non-hydrogen) atoms. The number of carboxylic acids is 1. The summed E-state index contributed by atoms with van der Waals surface area (Å²) in [6, 6.07) is 0. The molecule has 0 amide bonds. The molecule has 0 aliphatic rings. The summed E-state index contributed by atoms with van der Waals surface area (Å²) >= 11 is 0. The average molecular weight is 181 g/mol. The molecule has 5 heteroatoms. The van der Waals surface area contributed by atoms with Crippen LogP contribution in [0.25, 0.3) is 0 Å². The predicted molar refractivity (Wildman–Crippen MR) is 36.5 cm³/mol. The maximum absolute atomic E-state index is 9.00. The molecule has 2 nitrogen and oxygen atoms in total. The topological polar surface area (TPSA) is 37.3 Å².